The third-order valence-corrected chi connectivity index (χ3v) is 3.15. The molecule has 0 unspecified atom stereocenters. The van der Waals surface area contributed by atoms with Gasteiger partial charge in [0.25, 0.3) is 0 Å². The Kier molecular flexibility index (Phi) is 2.82. The van der Waals surface area contributed by atoms with Gasteiger partial charge in [0.2, 0.25) is 0 Å². The maximum atomic E-state index is 2.48. The Labute approximate surface area is 77.1 Å². The summed E-state index contributed by atoms with van der Waals surface area (Å²) >= 11 is 0. The second-order valence-corrected chi connectivity index (χ2v) is 5.49. The van der Waals surface area contributed by atoms with E-state index in [4.69, 9.17) is 0 Å². The Morgan fingerprint density at radius 3 is 2.08 bits per heavy atom. The van der Waals surface area contributed by atoms with E-state index in [1.807, 2.05) is 0 Å². The molecule has 0 amide bonds. The molecule has 0 aromatic rings. The SMILES string of the molecule is CC1CC(CN(C)C(C)(C)C)C1. The van der Waals surface area contributed by atoms with Crippen molar-refractivity contribution in [2.45, 2.75) is 46.1 Å². The van der Waals surface area contributed by atoms with E-state index in [9.17, 15) is 0 Å². The van der Waals surface area contributed by atoms with Crippen LogP contribution in [0, 0.1) is 11.8 Å². The van der Waals surface area contributed by atoms with E-state index in [-0.39, 0.29) is 0 Å². The van der Waals surface area contributed by atoms with Gasteiger partial charge in [0.05, 0.1) is 0 Å². The molecule has 1 aliphatic carbocycles. The van der Waals surface area contributed by atoms with E-state index in [1.165, 1.54) is 19.4 Å². The molecule has 1 saturated carbocycles. The first-order valence-electron chi connectivity index (χ1n) is 5.11. The molecular formula is C11H23N. The van der Waals surface area contributed by atoms with Crippen molar-refractivity contribution in [3.05, 3.63) is 0 Å². The van der Waals surface area contributed by atoms with Crippen molar-refractivity contribution in [2.75, 3.05) is 13.6 Å². The molecule has 0 N–H and O–H groups in total. The Balaban J connectivity index is 2.23. The summed E-state index contributed by atoms with van der Waals surface area (Å²) in [7, 11) is 2.24. The van der Waals surface area contributed by atoms with Gasteiger partial charge in [0, 0.05) is 12.1 Å². The molecular weight excluding hydrogens is 146 g/mol. The highest BCUT2D eigenvalue weighted by atomic mass is 15.2. The van der Waals surface area contributed by atoms with Gasteiger partial charge >= 0.3 is 0 Å². The standard InChI is InChI=1S/C11H23N/c1-9-6-10(7-9)8-12(5)11(2,3)4/h9-10H,6-8H2,1-5H3. The van der Waals surface area contributed by atoms with Gasteiger partial charge in [0.15, 0.2) is 0 Å². The second-order valence-electron chi connectivity index (χ2n) is 5.49. The van der Waals surface area contributed by atoms with Crippen molar-refractivity contribution in [3.63, 3.8) is 0 Å². The van der Waals surface area contributed by atoms with E-state index in [2.05, 4.69) is 39.6 Å². The van der Waals surface area contributed by atoms with Gasteiger partial charge in [-0.15, -0.1) is 0 Å². The van der Waals surface area contributed by atoms with Gasteiger partial charge in [-0.3, -0.25) is 0 Å². The molecule has 12 heavy (non-hydrogen) atoms. The molecule has 0 aliphatic heterocycles. The van der Waals surface area contributed by atoms with Gasteiger partial charge in [-0.25, -0.2) is 0 Å². The van der Waals surface area contributed by atoms with Gasteiger partial charge in [-0.2, -0.15) is 0 Å². The number of hydrogen-bond acceptors (Lipinski definition) is 1. The highest BCUT2D eigenvalue weighted by molar-refractivity contribution is 4.82. The zero-order valence-electron chi connectivity index (χ0n) is 9.22. The zero-order chi connectivity index (χ0) is 9.35. The van der Waals surface area contributed by atoms with Crippen LogP contribution in [0.2, 0.25) is 0 Å². The lowest BCUT2D eigenvalue weighted by molar-refractivity contribution is 0.0934. The molecule has 1 heteroatoms. The van der Waals surface area contributed by atoms with Crippen LogP contribution in [0.4, 0.5) is 0 Å². The molecule has 1 aliphatic rings. The van der Waals surface area contributed by atoms with Gasteiger partial charge in [0.1, 0.15) is 0 Å². The fourth-order valence-corrected chi connectivity index (χ4v) is 1.88. The Morgan fingerprint density at radius 2 is 1.75 bits per heavy atom. The molecule has 0 aromatic carbocycles. The smallest absolute Gasteiger partial charge is 0.0122 e. The monoisotopic (exact) mass is 169 g/mol. The van der Waals surface area contributed by atoms with E-state index in [0.717, 1.165) is 11.8 Å². The first-order valence-corrected chi connectivity index (χ1v) is 5.11. The van der Waals surface area contributed by atoms with Crippen molar-refractivity contribution in [2.24, 2.45) is 11.8 Å². The van der Waals surface area contributed by atoms with Crippen molar-refractivity contribution < 1.29 is 0 Å². The van der Waals surface area contributed by atoms with Crippen LogP contribution < -0.4 is 0 Å². The normalized spacial score (nSPS) is 30.5. The summed E-state index contributed by atoms with van der Waals surface area (Å²) in [5, 5.41) is 0. The summed E-state index contributed by atoms with van der Waals surface area (Å²) < 4.78 is 0. The minimum Gasteiger partial charge on any atom is -0.301 e. The van der Waals surface area contributed by atoms with Crippen LogP contribution in [-0.4, -0.2) is 24.0 Å². The Bertz CT molecular complexity index is 140. The summed E-state index contributed by atoms with van der Waals surface area (Å²) in [6.07, 6.45) is 2.89. The van der Waals surface area contributed by atoms with Crippen LogP contribution in [0.25, 0.3) is 0 Å². The van der Waals surface area contributed by atoms with Crippen LogP contribution in [-0.2, 0) is 0 Å². The maximum absolute atomic E-state index is 2.48. The van der Waals surface area contributed by atoms with E-state index in [0.29, 0.717) is 5.54 Å². The average molecular weight is 169 g/mol. The van der Waals surface area contributed by atoms with Crippen LogP contribution in [0.1, 0.15) is 40.5 Å². The number of hydrogen-bond donors (Lipinski definition) is 0. The van der Waals surface area contributed by atoms with Crippen molar-refractivity contribution in [1.82, 2.24) is 4.90 Å². The molecule has 72 valence electrons. The highest BCUT2D eigenvalue weighted by Gasteiger charge is 2.28. The molecule has 1 rings (SSSR count). The average Bonchev–Trinajstić information content (AvgIpc) is 1.82. The van der Waals surface area contributed by atoms with Gasteiger partial charge in [-0.05, 0) is 52.5 Å². The summed E-state index contributed by atoms with van der Waals surface area (Å²) in [6.45, 7) is 10.5. The maximum Gasteiger partial charge on any atom is 0.0122 e. The van der Waals surface area contributed by atoms with E-state index >= 15 is 0 Å². The fraction of sp³-hybridized carbons (Fsp3) is 1.00. The van der Waals surface area contributed by atoms with Gasteiger partial charge < -0.3 is 4.90 Å². The lowest BCUT2D eigenvalue weighted by atomic mass is 9.75. The minimum atomic E-state index is 0.346. The molecule has 1 fully saturated rings. The Hall–Kier alpha value is -0.0400. The molecule has 0 heterocycles. The van der Waals surface area contributed by atoms with E-state index < -0.39 is 0 Å². The molecule has 0 spiro atoms. The quantitative estimate of drug-likeness (QED) is 0.614. The predicted octanol–water partition coefficient (Wildman–Crippen LogP) is 2.76. The predicted molar refractivity (Wildman–Crippen MR) is 54.3 cm³/mol. The first kappa shape index (κ1) is 10.0. The highest BCUT2D eigenvalue weighted by Crippen LogP contribution is 2.34. The first-order chi connectivity index (χ1) is 5.39. The lowest BCUT2D eigenvalue weighted by Gasteiger charge is -2.40. The van der Waals surface area contributed by atoms with E-state index in [1.54, 1.807) is 0 Å². The molecule has 0 atom stereocenters. The van der Waals surface area contributed by atoms with Crippen molar-refractivity contribution >= 4 is 0 Å². The largest absolute Gasteiger partial charge is 0.301 e. The molecule has 0 bridgehead atoms. The fourth-order valence-electron chi connectivity index (χ4n) is 1.88. The van der Waals surface area contributed by atoms with Crippen molar-refractivity contribution in [1.29, 1.82) is 0 Å². The zero-order valence-corrected chi connectivity index (χ0v) is 9.22. The number of rotatable bonds is 2. The van der Waals surface area contributed by atoms with Crippen LogP contribution in [0.5, 0.6) is 0 Å². The second kappa shape index (κ2) is 3.37. The summed E-state index contributed by atoms with van der Waals surface area (Å²) in [4.78, 5) is 2.48. The van der Waals surface area contributed by atoms with Crippen LogP contribution in [0.3, 0.4) is 0 Å². The third-order valence-electron chi connectivity index (χ3n) is 3.15. The minimum absolute atomic E-state index is 0.346. The molecule has 0 aromatic heterocycles. The van der Waals surface area contributed by atoms with Gasteiger partial charge in [-0.1, -0.05) is 6.92 Å². The third kappa shape index (κ3) is 2.48. The lowest BCUT2D eigenvalue weighted by Crippen LogP contribution is -2.43. The Morgan fingerprint density at radius 1 is 1.25 bits per heavy atom. The topological polar surface area (TPSA) is 3.24 Å². The van der Waals surface area contributed by atoms with Crippen LogP contribution in [0.15, 0.2) is 0 Å². The molecule has 0 radical (unpaired) electrons. The summed E-state index contributed by atoms with van der Waals surface area (Å²) in [5.74, 6) is 1.97. The molecule has 0 saturated heterocycles. The number of nitrogens with zero attached hydrogens (tertiary/aromatic N) is 1. The molecule has 1 nitrogen and oxygen atoms in total. The summed E-state index contributed by atoms with van der Waals surface area (Å²) in [5.41, 5.74) is 0.346. The van der Waals surface area contributed by atoms with Crippen molar-refractivity contribution in [3.8, 4) is 0 Å². The summed E-state index contributed by atoms with van der Waals surface area (Å²) in [6, 6.07) is 0. The van der Waals surface area contributed by atoms with Crippen LogP contribution >= 0.6 is 0 Å².